The van der Waals surface area contributed by atoms with Crippen molar-refractivity contribution in [2.45, 2.75) is 0 Å². The molecule has 3 nitrogen and oxygen atoms in total. The average molecular weight is 276 g/mol. The van der Waals surface area contributed by atoms with Crippen LogP contribution in [-0.4, -0.2) is 9.55 Å². The Morgan fingerprint density at radius 1 is 1.21 bits per heavy atom. The van der Waals surface area contributed by atoms with Crippen molar-refractivity contribution in [3.8, 4) is 11.4 Å². The van der Waals surface area contributed by atoms with Gasteiger partial charge in [0.15, 0.2) is 0 Å². The number of hydrogen-bond acceptors (Lipinski definition) is 2. The second-order valence-electron chi connectivity index (χ2n) is 4.36. The lowest BCUT2D eigenvalue weighted by Gasteiger charge is -2.04. The molecule has 5 heteroatoms. The molecule has 0 atom stereocenters. The zero-order valence-electron chi connectivity index (χ0n) is 10.2. The van der Waals surface area contributed by atoms with Gasteiger partial charge < -0.3 is 10.3 Å². The molecule has 2 aromatic carbocycles. The van der Waals surface area contributed by atoms with Gasteiger partial charge in [-0.1, -0.05) is 11.6 Å². The maximum absolute atomic E-state index is 13.5. The zero-order chi connectivity index (χ0) is 13.6. The lowest BCUT2D eigenvalue weighted by molar-refractivity contribution is 0.633. The van der Waals surface area contributed by atoms with E-state index in [-0.39, 0.29) is 5.69 Å². The molecule has 0 aliphatic rings. The maximum atomic E-state index is 13.5. The number of nitrogen functional groups attached to an aromatic ring is 1. The van der Waals surface area contributed by atoms with E-state index in [1.54, 1.807) is 18.2 Å². The summed E-state index contributed by atoms with van der Waals surface area (Å²) in [7, 11) is 1.88. The molecule has 0 amide bonds. The van der Waals surface area contributed by atoms with Crippen molar-refractivity contribution in [2.75, 3.05) is 5.73 Å². The number of aromatic nitrogens is 2. The lowest BCUT2D eigenvalue weighted by Crippen LogP contribution is -1.95. The summed E-state index contributed by atoms with van der Waals surface area (Å²) >= 11 is 5.95. The quantitative estimate of drug-likeness (QED) is 0.690. The Labute approximate surface area is 114 Å². The lowest BCUT2D eigenvalue weighted by atomic mass is 10.2. The summed E-state index contributed by atoms with van der Waals surface area (Å²) in [5.74, 6) is 0.235. The molecular formula is C14H11ClFN3. The zero-order valence-corrected chi connectivity index (χ0v) is 10.9. The number of halogens is 2. The SMILES string of the molecule is Cn1c(-c2ccc(N)c(F)c2)nc2cc(Cl)ccc21. The molecule has 2 N–H and O–H groups in total. The first-order chi connectivity index (χ1) is 9.06. The minimum absolute atomic E-state index is 0.130. The van der Waals surface area contributed by atoms with Crippen LogP contribution in [0.15, 0.2) is 36.4 Å². The Kier molecular flexibility index (Phi) is 2.68. The van der Waals surface area contributed by atoms with Gasteiger partial charge in [-0.15, -0.1) is 0 Å². The molecule has 0 spiro atoms. The van der Waals surface area contributed by atoms with E-state index in [9.17, 15) is 4.39 Å². The minimum Gasteiger partial charge on any atom is -0.396 e. The Morgan fingerprint density at radius 2 is 2.00 bits per heavy atom. The highest BCUT2D eigenvalue weighted by Crippen LogP contribution is 2.27. The van der Waals surface area contributed by atoms with E-state index in [1.165, 1.54) is 12.1 Å². The van der Waals surface area contributed by atoms with E-state index in [4.69, 9.17) is 17.3 Å². The van der Waals surface area contributed by atoms with Crippen molar-refractivity contribution in [1.82, 2.24) is 9.55 Å². The normalized spacial score (nSPS) is 11.1. The van der Waals surface area contributed by atoms with Gasteiger partial charge >= 0.3 is 0 Å². The second kappa shape index (κ2) is 4.24. The molecule has 1 heterocycles. The first-order valence-electron chi connectivity index (χ1n) is 5.73. The summed E-state index contributed by atoms with van der Waals surface area (Å²) < 4.78 is 15.4. The third-order valence-corrected chi connectivity index (χ3v) is 3.34. The number of hydrogen-bond donors (Lipinski definition) is 1. The number of aryl methyl sites for hydroxylation is 1. The highest BCUT2D eigenvalue weighted by Gasteiger charge is 2.11. The summed E-state index contributed by atoms with van der Waals surface area (Å²) in [6.07, 6.45) is 0. The highest BCUT2D eigenvalue weighted by molar-refractivity contribution is 6.31. The van der Waals surface area contributed by atoms with Gasteiger partial charge in [0, 0.05) is 17.6 Å². The Bertz CT molecular complexity index is 780. The third-order valence-electron chi connectivity index (χ3n) is 3.10. The monoisotopic (exact) mass is 275 g/mol. The first-order valence-corrected chi connectivity index (χ1v) is 6.11. The smallest absolute Gasteiger partial charge is 0.146 e. The van der Waals surface area contributed by atoms with Gasteiger partial charge in [-0.25, -0.2) is 9.37 Å². The van der Waals surface area contributed by atoms with Crippen molar-refractivity contribution in [1.29, 1.82) is 0 Å². The number of nitrogens with zero attached hydrogens (tertiary/aromatic N) is 2. The van der Waals surface area contributed by atoms with Gasteiger partial charge in [-0.05, 0) is 36.4 Å². The maximum Gasteiger partial charge on any atom is 0.146 e. The molecule has 0 saturated heterocycles. The predicted octanol–water partition coefficient (Wildman–Crippen LogP) is 3.62. The third kappa shape index (κ3) is 1.94. The van der Waals surface area contributed by atoms with Gasteiger partial charge in [0.25, 0.3) is 0 Å². The van der Waals surface area contributed by atoms with E-state index >= 15 is 0 Å². The fraction of sp³-hybridized carbons (Fsp3) is 0.0714. The highest BCUT2D eigenvalue weighted by atomic mass is 35.5. The second-order valence-corrected chi connectivity index (χ2v) is 4.80. The van der Waals surface area contributed by atoms with E-state index in [2.05, 4.69) is 4.98 Å². The molecule has 0 fully saturated rings. The molecule has 0 bridgehead atoms. The Balaban J connectivity index is 2.24. The molecule has 0 unspecified atom stereocenters. The number of imidazole rings is 1. The number of rotatable bonds is 1. The summed E-state index contributed by atoms with van der Waals surface area (Å²) in [4.78, 5) is 4.49. The van der Waals surface area contributed by atoms with Crippen molar-refractivity contribution in [3.05, 3.63) is 47.2 Å². The van der Waals surface area contributed by atoms with Crippen molar-refractivity contribution in [2.24, 2.45) is 7.05 Å². The van der Waals surface area contributed by atoms with Gasteiger partial charge in [0.05, 0.1) is 16.7 Å². The Morgan fingerprint density at radius 3 is 2.74 bits per heavy atom. The van der Waals surface area contributed by atoms with Crippen molar-refractivity contribution < 1.29 is 4.39 Å². The van der Waals surface area contributed by atoms with Crippen LogP contribution in [-0.2, 0) is 7.05 Å². The van der Waals surface area contributed by atoms with Gasteiger partial charge in [0.2, 0.25) is 0 Å². The molecule has 1 aromatic heterocycles. The summed E-state index contributed by atoms with van der Waals surface area (Å²) in [5, 5.41) is 0.626. The van der Waals surface area contributed by atoms with Gasteiger partial charge in [-0.2, -0.15) is 0 Å². The molecule has 0 aliphatic heterocycles. The van der Waals surface area contributed by atoms with Crippen molar-refractivity contribution >= 4 is 28.3 Å². The van der Waals surface area contributed by atoms with Crippen LogP contribution in [0.1, 0.15) is 0 Å². The molecule has 0 saturated carbocycles. The Hall–Kier alpha value is -2.07. The van der Waals surface area contributed by atoms with Gasteiger partial charge in [-0.3, -0.25) is 0 Å². The van der Waals surface area contributed by atoms with Gasteiger partial charge in [0.1, 0.15) is 11.6 Å². The van der Waals surface area contributed by atoms with E-state index in [0.29, 0.717) is 16.4 Å². The van der Waals surface area contributed by atoms with Crippen LogP contribution in [0.3, 0.4) is 0 Å². The van der Waals surface area contributed by atoms with E-state index in [0.717, 1.165) is 11.0 Å². The number of nitrogens with two attached hydrogens (primary N) is 1. The fourth-order valence-electron chi connectivity index (χ4n) is 2.10. The van der Waals surface area contributed by atoms with Crippen LogP contribution in [0.4, 0.5) is 10.1 Å². The first kappa shape index (κ1) is 12.0. The van der Waals surface area contributed by atoms with Crippen LogP contribution in [0, 0.1) is 5.82 Å². The minimum atomic E-state index is -0.442. The predicted molar refractivity (Wildman–Crippen MR) is 75.5 cm³/mol. The molecule has 0 aliphatic carbocycles. The van der Waals surface area contributed by atoms with Crippen molar-refractivity contribution in [3.63, 3.8) is 0 Å². The fourth-order valence-corrected chi connectivity index (χ4v) is 2.26. The summed E-state index contributed by atoms with van der Waals surface area (Å²) in [5.41, 5.74) is 8.01. The van der Waals surface area contributed by atoms with Crippen LogP contribution in [0.5, 0.6) is 0 Å². The topological polar surface area (TPSA) is 43.8 Å². The van der Waals surface area contributed by atoms with Crippen LogP contribution in [0.25, 0.3) is 22.4 Å². The summed E-state index contributed by atoms with van der Waals surface area (Å²) in [6, 6.07) is 10.2. The largest absolute Gasteiger partial charge is 0.396 e. The standard InChI is InChI=1S/C14H11ClFN3/c1-19-13-5-3-9(15)7-12(13)18-14(19)8-2-4-11(17)10(16)6-8/h2-7H,17H2,1H3. The van der Waals surface area contributed by atoms with Crippen LogP contribution >= 0.6 is 11.6 Å². The molecule has 19 heavy (non-hydrogen) atoms. The number of anilines is 1. The number of benzene rings is 2. The summed E-state index contributed by atoms with van der Waals surface area (Å²) in [6.45, 7) is 0. The van der Waals surface area contributed by atoms with Crippen LogP contribution in [0.2, 0.25) is 5.02 Å². The van der Waals surface area contributed by atoms with Crippen LogP contribution < -0.4 is 5.73 Å². The average Bonchev–Trinajstić information content (AvgIpc) is 2.70. The number of fused-ring (bicyclic) bond motifs is 1. The molecule has 3 aromatic rings. The molecule has 96 valence electrons. The van der Waals surface area contributed by atoms with E-state index in [1.807, 2.05) is 17.7 Å². The molecule has 0 radical (unpaired) electrons. The molecular weight excluding hydrogens is 265 g/mol. The van der Waals surface area contributed by atoms with E-state index < -0.39 is 5.82 Å². The molecule has 3 rings (SSSR count).